The first kappa shape index (κ1) is 14.1. The fraction of sp³-hybridized carbons (Fsp3) is 0.250. The maximum atomic E-state index is 6.16. The molecule has 0 bridgehead atoms. The summed E-state index contributed by atoms with van der Waals surface area (Å²) in [5.41, 5.74) is 8.30. The van der Waals surface area contributed by atoms with Crippen molar-refractivity contribution >= 4 is 17.4 Å². The fourth-order valence-corrected chi connectivity index (χ4v) is 3.12. The highest BCUT2D eigenvalue weighted by Gasteiger charge is 2.15. The van der Waals surface area contributed by atoms with E-state index in [0.717, 1.165) is 28.4 Å². The Morgan fingerprint density at radius 1 is 1.24 bits per heavy atom. The SMILES string of the molecule is CCC(N)Cc1c(Sc2ccncc2)nc2ccccn12. The Kier molecular flexibility index (Phi) is 4.22. The van der Waals surface area contributed by atoms with E-state index in [1.54, 1.807) is 24.2 Å². The molecule has 0 spiro atoms. The lowest BCUT2D eigenvalue weighted by Gasteiger charge is -2.10. The Hall–Kier alpha value is -1.85. The Bertz CT molecular complexity index is 723. The van der Waals surface area contributed by atoms with Gasteiger partial charge in [-0.05, 0) is 30.7 Å². The summed E-state index contributed by atoms with van der Waals surface area (Å²) >= 11 is 1.66. The molecule has 0 radical (unpaired) electrons. The van der Waals surface area contributed by atoms with Gasteiger partial charge in [-0.15, -0.1) is 0 Å². The summed E-state index contributed by atoms with van der Waals surface area (Å²) in [6, 6.07) is 10.2. The zero-order chi connectivity index (χ0) is 14.7. The van der Waals surface area contributed by atoms with E-state index in [-0.39, 0.29) is 6.04 Å². The minimum Gasteiger partial charge on any atom is -0.327 e. The van der Waals surface area contributed by atoms with Gasteiger partial charge in [0.05, 0.1) is 5.69 Å². The first-order chi connectivity index (χ1) is 10.3. The van der Waals surface area contributed by atoms with E-state index in [1.807, 2.05) is 30.3 Å². The maximum Gasteiger partial charge on any atom is 0.138 e. The Morgan fingerprint density at radius 3 is 2.81 bits per heavy atom. The van der Waals surface area contributed by atoms with Gasteiger partial charge in [-0.3, -0.25) is 4.98 Å². The Morgan fingerprint density at radius 2 is 2.05 bits per heavy atom. The normalized spacial score (nSPS) is 12.7. The van der Waals surface area contributed by atoms with Gasteiger partial charge in [0.2, 0.25) is 0 Å². The summed E-state index contributed by atoms with van der Waals surface area (Å²) in [5.74, 6) is 0. The highest BCUT2D eigenvalue weighted by molar-refractivity contribution is 7.99. The zero-order valence-electron chi connectivity index (χ0n) is 11.9. The van der Waals surface area contributed by atoms with Crippen LogP contribution < -0.4 is 5.73 Å². The molecule has 0 aliphatic heterocycles. The van der Waals surface area contributed by atoms with E-state index < -0.39 is 0 Å². The van der Waals surface area contributed by atoms with Crippen molar-refractivity contribution in [1.29, 1.82) is 0 Å². The standard InChI is InChI=1S/C16H18N4S/c1-2-12(17)11-14-16(21-13-6-8-18-9-7-13)19-15-5-3-4-10-20(14)15/h3-10,12H,2,11,17H2,1H3. The number of hydrogen-bond acceptors (Lipinski definition) is 4. The van der Waals surface area contributed by atoms with Crippen molar-refractivity contribution in [2.75, 3.05) is 0 Å². The highest BCUT2D eigenvalue weighted by atomic mass is 32.2. The van der Waals surface area contributed by atoms with Crippen molar-refractivity contribution in [3.63, 3.8) is 0 Å². The molecule has 3 rings (SSSR count). The van der Waals surface area contributed by atoms with Crippen molar-refractivity contribution < 1.29 is 0 Å². The molecule has 5 heteroatoms. The molecule has 0 aliphatic rings. The first-order valence-electron chi connectivity index (χ1n) is 7.07. The number of nitrogens with two attached hydrogens (primary N) is 1. The topological polar surface area (TPSA) is 56.2 Å². The average molecular weight is 298 g/mol. The molecule has 1 unspecified atom stereocenters. The molecule has 3 aromatic heterocycles. The van der Waals surface area contributed by atoms with Crippen LogP contribution in [0.3, 0.4) is 0 Å². The van der Waals surface area contributed by atoms with Crippen LogP contribution in [0.1, 0.15) is 19.0 Å². The number of fused-ring (bicyclic) bond motifs is 1. The zero-order valence-corrected chi connectivity index (χ0v) is 12.8. The Labute approximate surface area is 128 Å². The van der Waals surface area contributed by atoms with Crippen LogP contribution in [0.2, 0.25) is 0 Å². The second kappa shape index (κ2) is 6.28. The number of rotatable bonds is 5. The summed E-state index contributed by atoms with van der Waals surface area (Å²) in [5, 5.41) is 1.02. The van der Waals surface area contributed by atoms with Crippen LogP contribution in [0.15, 0.2) is 58.8 Å². The molecular weight excluding hydrogens is 280 g/mol. The maximum absolute atomic E-state index is 6.16. The van der Waals surface area contributed by atoms with Gasteiger partial charge in [0.1, 0.15) is 10.7 Å². The van der Waals surface area contributed by atoms with Gasteiger partial charge in [-0.1, -0.05) is 24.8 Å². The van der Waals surface area contributed by atoms with E-state index in [0.29, 0.717) is 0 Å². The largest absolute Gasteiger partial charge is 0.327 e. The molecule has 0 amide bonds. The highest BCUT2D eigenvalue weighted by Crippen LogP contribution is 2.30. The van der Waals surface area contributed by atoms with Gasteiger partial charge < -0.3 is 10.1 Å². The molecule has 3 heterocycles. The summed E-state index contributed by atoms with van der Waals surface area (Å²) in [4.78, 5) is 9.94. The number of pyridine rings is 2. The van der Waals surface area contributed by atoms with E-state index in [4.69, 9.17) is 10.7 Å². The predicted octanol–water partition coefficient (Wildman–Crippen LogP) is 3.16. The minimum absolute atomic E-state index is 0.155. The van der Waals surface area contributed by atoms with Crippen molar-refractivity contribution in [1.82, 2.24) is 14.4 Å². The third-order valence-electron chi connectivity index (χ3n) is 3.44. The summed E-state index contributed by atoms with van der Waals surface area (Å²) in [6.07, 6.45) is 7.44. The molecule has 0 saturated heterocycles. The lowest BCUT2D eigenvalue weighted by molar-refractivity contribution is 0.627. The molecule has 108 valence electrons. The molecule has 0 aliphatic carbocycles. The molecule has 21 heavy (non-hydrogen) atoms. The third kappa shape index (κ3) is 3.09. The molecule has 0 saturated carbocycles. The molecule has 0 aromatic carbocycles. The number of nitrogens with zero attached hydrogens (tertiary/aromatic N) is 3. The molecule has 0 fully saturated rings. The van der Waals surface area contributed by atoms with Gasteiger partial charge in [-0.25, -0.2) is 4.98 Å². The number of imidazole rings is 1. The van der Waals surface area contributed by atoms with Gasteiger partial charge >= 0.3 is 0 Å². The van der Waals surface area contributed by atoms with Crippen LogP contribution in [-0.4, -0.2) is 20.4 Å². The van der Waals surface area contributed by atoms with Crippen molar-refractivity contribution in [3.05, 3.63) is 54.6 Å². The van der Waals surface area contributed by atoms with Gasteiger partial charge in [0, 0.05) is 35.9 Å². The summed E-state index contributed by atoms with van der Waals surface area (Å²) < 4.78 is 2.14. The summed E-state index contributed by atoms with van der Waals surface area (Å²) in [7, 11) is 0. The molecule has 2 N–H and O–H groups in total. The Balaban J connectivity index is 2.02. The second-order valence-electron chi connectivity index (χ2n) is 4.95. The first-order valence-corrected chi connectivity index (χ1v) is 7.89. The minimum atomic E-state index is 0.155. The van der Waals surface area contributed by atoms with Crippen LogP contribution >= 0.6 is 11.8 Å². The van der Waals surface area contributed by atoms with E-state index in [2.05, 4.69) is 22.5 Å². The van der Waals surface area contributed by atoms with E-state index in [9.17, 15) is 0 Å². The summed E-state index contributed by atoms with van der Waals surface area (Å²) in [6.45, 7) is 2.11. The molecule has 1 atom stereocenters. The quantitative estimate of drug-likeness (QED) is 0.786. The van der Waals surface area contributed by atoms with E-state index >= 15 is 0 Å². The smallest absolute Gasteiger partial charge is 0.138 e. The van der Waals surface area contributed by atoms with Gasteiger partial charge in [0.15, 0.2) is 0 Å². The number of hydrogen-bond donors (Lipinski definition) is 1. The number of aromatic nitrogens is 3. The third-order valence-corrected chi connectivity index (χ3v) is 4.46. The fourth-order valence-electron chi connectivity index (χ4n) is 2.20. The molecular formula is C16H18N4S. The van der Waals surface area contributed by atoms with Crippen LogP contribution in [0, 0.1) is 0 Å². The van der Waals surface area contributed by atoms with Gasteiger partial charge in [-0.2, -0.15) is 0 Å². The lowest BCUT2D eigenvalue weighted by Crippen LogP contribution is -2.22. The van der Waals surface area contributed by atoms with E-state index in [1.165, 1.54) is 5.69 Å². The van der Waals surface area contributed by atoms with Crippen LogP contribution in [0.4, 0.5) is 0 Å². The van der Waals surface area contributed by atoms with Gasteiger partial charge in [0.25, 0.3) is 0 Å². The van der Waals surface area contributed by atoms with Crippen LogP contribution in [0.25, 0.3) is 5.65 Å². The predicted molar refractivity (Wildman–Crippen MR) is 85.5 cm³/mol. The molecule has 3 aromatic rings. The van der Waals surface area contributed by atoms with Crippen LogP contribution in [-0.2, 0) is 6.42 Å². The molecule has 4 nitrogen and oxygen atoms in total. The van der Waals surface area contributed by atoms with Crippen molar-refractivity contribution in [2.45, 2.75) is 35.7 Å². The van der Waals surface area contributed by atoms with Crippen molar-refractivity contribution in [3.8, 4) is 0 Å². The monoisotopic (exact) mass is 298 g/mol. The van der Waals surface area contributed by atoms with Crippen LogP contribution in [0.5, 0.6) is 0 Å². The average Bonchev–Trinajstić information content (AvgIpc) is 2.86. The second-order valence-corrected chi connectivity index (χ2v) is 6.01. The van der Waals surface area contributed by atoms with Crippen molar-refractivity contribution in [2.24, 2.45) is 5.73 Å². The lowest BCUT2D eigenvalue weighted by atomic mass is 10.1.